The molecule has 77 heavy (non-hydrogen) atoms. The van der Waals surface area contributed by atoms with Gasteiger partial charge in [-0.25, -0.2) is 0 Å². The normalized spacial score (nSPS) is 12.6. The average molecular weight is 985 g/mol. The van der Waals surface area contributed by atoms with Crippen molar-refractivity contribution in [1.82, 2.24) is 0 Å². The molecule has 358 valence electrons. The highest BCUT2D eigenvalue weighted by Crippen LogP contribution is 2.49. The number of hydrogen-bond donors (Lipinski definition) is 0. The summed E-state index contributed by atoms with van der Waals surface area (Å²) in [4.78, 5) is 4.69. The van der Waals surface area contributed by atoms with Crippen molar-refractivity contribution in [3.05, 3.63) is 249 Å². The van der Waals surface area contributed by atoms with Crippen LogP contribution in [-0.2, 0) is 0 Å². The van der Waals surface area contributed by atoms with Crippen molar-refractivity contribution in [3.63, 3.8) is 0 Å². The Morgan fingerprint density at radius 1 is 0.273 bits per heavy atom. The molecule has 0 spiro atoms. The van der Waals surface area contributed by atoms with Gasteiger partial charge in [0.1, 0.15) is 45.3 Å². The number of furan rings is 2. The summed E-state index contributed by atoms with van der Waals surface area (Å²) in [5, 5.41) is 13.3. The lowest BCUT2D eigenvalue weighted by molar-refractivity contribution is 0.465. The number of fused-ring (bicyclic) bond motifs is 16. The first-order valence-electron chi connectivity index (χ1n) is 26.2. The molecule has 2 aromatic heterocycles. The topological polar surface area (TPSA) is 51.2 Å². The van der Waals surface area contributed by atoms with E-state index in [4.69, 9.17) is 18.3 Å². The van der Waals surface area contributed by atoms with E-state index in [9.17, 15) is 0 Å². The monoisotopic (exact) mass is 984 g/mol. The molecule has 4 heterocycles. The molecule has 0 amide bonds. The summed E-state index contributed by atoms with van der Waals surface area (Å²) in [6.45, 7) is -0.230. The minimum Gasteiger partial charge on any atom is -0.458 e. The summed E-state index contributed by atoms with van der Waals surface area (Å²) < 4.78 is 28.1. The molecule has 2 aliphatic heterocycles. The van der Waals surface area contributed by atoms with Gasteiger partial charge in [-0.05, 0) is 128 Å². The van der Waals surface area contributed by atoms with Crippen molar-refractivity contribution in [2.45, 2.75) is 0 Å². The fraction of sp³-hybridized carbons (Fsp3) is 0. The van der Waals surface area contributed by atoms with E-state index in [0.717, 1.165) is 139 Å². The van der Waals surface area contributed by atoms with Gasteiger partial charge in [0.25, 0.3) is 6.71 Å². The van der Waals surface area contributed by atoms with Crippen LogP contribution < -0.4 is 35.7 Å². The number of para-hydroxylation sites is 2. The van der Waals surface area contributed by atoms with Gasteiger partial charge in [-0.2, -0.15) is 0 Å². The Morgan fingerprint density at radius 3 is 1.16 bits per heavy atom. The largest absolute Gasteiger partial charge is 0.458 e. The van der Waals surface area contributed by atoms with Crippen LogP contribution in [-0.4, -0.2) is 6.71 Å². The van der Waals surface area contributed by atoms with Crippen LogP contribution in [0.4, 0.5) is 34.1 Å². The van der Waals surface area contributed by atoms with Crippen LogP contribution in [0.25, 0.3) is 87.0 Å². The second-order valence-electron chi connectivity index (χ2n) is 20.3. The van der Waals surface area contributed by atoms with Crippen molar-refractivity contribution in [2.75, 3.05) is 9.80 Å². The Balaban J connectivity index is 0.850. The lowest BCUT2D eigenvalue weighted by atomic mass is 9.35. The fourth-order valence-electron chi connectivity index (χ4n) is 12.7. The molecule has 0 bridgehead atoms. The van der Waals surface area contributed by atoms with E-state index >= 15 is 0 Å². The number of rotatable bonds is 6. The number of ether oxygens (including phenoxy) is 2. The molecule has 0 saturated heterocycles. The van der Waals surface area contributed by atoms with Crippen molar-refractivity contribution in [3.8, 4) is 23.0 Å². The maximum Gasteiger partial charge on any atom is 0.261 e. The van der Waals surface area contributed by atoms with Crippen LogP contribution in [0.5, 0.6) is 23.0 Å². The highest BCUT2D eigenvalue weighted by Gasteiger charge is 2.41. The zero-order valence-electron chi connectivity index (χ0n) is 41.3. The molecule has 15 aromatic rings. The number of benzene rings is 13. The zero-order chi connectivity index (χ0) is 50.3. The molecule has 0 aliphatic carbocycles. The van der Waals surface area contributed by atoms with E-state index in [1.165, 1.54) is 21.5 Å². The third kappa shape index (κ3) is 6.32. The lowest BCUT2D eigenvalue weighted by Gasteiger charge is -2.32. The van der Waals surface area contributed by atoms with E-state index in [-0.39, 0.29) is 6.71 Å². The molecule has 6 nitrogen and oxygen atoms in total. The summed E-state index contributed by atoms with van der Waals surface area (Å²) in [6.07, 6.45) is 0. The third-order valence-electron chi connectivity index (χ3n) is 16.0. The molecule has 0 atom stereocenters. The van der Waals surface area contributed by atoms with Gasteiger partial charge >= 0.3 is 0 Å². The molecular weight excluding hydrogens is 944 g/mol. The van der Waals surface area contributed by atoms with E-state index in [1.54, 1.807) is 0 Å². The Kier molecular flexibility index (Phi) is 8.83. The van der Waals surface area contributed by atoms with Gasteiger partial charge < -0.3 is 28.1 Å². The minimum atomic E-state index is -0.230. The Bertz CT molecular complexity index is 4660. The molecular formula is C70H41BN2O4. The van der Waals surface area contributed by atoms with Gasteiger partial charge in [-0.15, -0.1) is 0 Å². The quantitative estimate of drug-likeness (QED) is 0.155. The summed E-state index contributed by atoms with van der Waals surface area (Å²) in [7, 11) is 0. The standard InChI is InChI=1S/C70H41BN2O4/c1-3-20-46(21-4-1)72(48-32-30-42-16-7-9-18-44(42)34-48)58-40-66-68(52-26-13-11-24-50(52)58)54-36-64-56(38-62(54)76-66)71-57-39-63-55(37-65(57)75-61-29-15-28-60(74-64)70(61)71)69-53-27-14-12-25-51(53)59(41-67(69)77-63)73(47-22-5-2-6-23-47)49-33-31-43-17-8-10-19-45(43)35-49/h1-41H. The van der Waals surface area contributed by atoms with Gasteiger partial charge in [-0.3, -0.25) is 0 Å². The Morgan fingerprint density at radius 2 is 0.688 bits per heavy atom. The van der Waals surface area contributed by atoms with Crippen molar-refractivity contribution in [2.24, 2.45) is 0 Å². The lowest BCUT2D eigenvalue weighted by Crippen LogP contribution is -2.57. The predicted molar refractivity (Wildman–Crippen MR) is 318 cm³/mol. The molecule has 0 unspecified atom stereocenters. The molecule has 0 N–H and O–H groups in total. The maximum absolute atomic E-state index is 7.11. The molecule has 0 fully saturated rings. The average Bonchev–Trinajstić information content (AvgIpc) is 4.06. The van der Waals surface area contributed by atoms with E-state index < -0.39 is 0 Å². The first-order valence-corrected chi connectivity index (χ1v) is 26.2. The van der Waals surface area contributed by atoms with Crippen LogP contribution in [0.2, 0.25) is 0 Å². The zero-order valence-corrected chi connectivity index (χ0v) is 41.3. The van der Waals surface area contributed by atoms with Gasteiger partial charge in [0.2, 0.25) is 0 Å². The summed E-state index contributed by atoms with van der Waals surface area (Å²) in [5.74, 6) is 3.11. The van der Waals surface area contributed by atoms with Crippen LogP contribution >= 0.6 is 0 Å². The van der Waals surface area contributed by atoms with Crippen LogP contribution in [0.1, 0.15) is 0 Å². The molecule has 13 aromatic carbocycles. The summed E-state index contributed by atoms with van der Waals surface area (Å²) in [5.41, 5.74) is 12.5. The number of anilines is 6. The molecule has 0 radical (unpaired) electrons. The van der Waals surface area contributed by atoms with Crippen LogP contribution in [0.15, 0.2) is 258 Å². The summed E-state index contributed by atoms with van der Waals surface area (Å²) in [6, 6.07) is 88.3. The van der Waals surface area contributed by atoms with Gasteiger partial charge in [-0.1, -0.05) is 152 Å². The summed E-state index contributed by atoms with van der Waals surface area (Å²) >= 11 is 0. The van der Waals surface area contributed by atoms with Crippen molar-refractivity contribution < 1.29 is 18.3 Å². The molecule has 0 saturated carbocycles. The highest BCUT2D eigenvalue weighted by atomic mass is 16.5. The highest BCUT2D eigenvalue weighted by molar-refractivity contribution is 6.98. The van der Waals surface area contributed by atoms with Gasteiger partial charge in [0, 0.05) is 72.7 Å². The molecule has 2 aliphatic rings. The van der Waals surface area contributed by atoms with Crippen molar-refractivity contribution >= 4 is 144 Å². The van der Waals surface area contributed by atoms with Crippen LogP contribution in [0.3, 0.4) is 0 Å². The predicted octanol–water partition coefficient (Wildman–Crippen LogP) is 17.8. The SMILES string of the molecule is c1ccc(N(c2ccc3ccccc3c2)c2cc3oc4cc5c(cc4c3c3ccccc23)Oc2cccc3c2B5c2cc4oc5cc(N(c6ccccc6)c6ccc7ccccc7c6)c6ccccc6c5c4cc2O3)cc1. The van der Waals surface area contributed by atoms with Gasteiger partial charge in [0.15, 0.2) is 0 Å². The molecule has 17 rings (SSSR count). The van der Waals surface area contributed by atoms with E-state index in [2.05, 4.69) is 252 Å². The van der Waals surface area contributed by atoms with E-state index in [0.29, 0.717) is 0 Å². The third-order valence-corrected chi connectivity index (χ3v) is 16.0. The van der Waals surface area contributed by atoms with Gasteiger partial charge in [0.05, 0.1) is 11.4 Å². The first kappa shape index (κ1) is 42.2. The fourth-order valence-corrected chi connectivity index (χ4v) is 12.7. The smallest absolute Gasteiger partial charge is 0.261 e. The maximum atomic E-state index is 7.11. The Labute approximate surface area is 441 Å². The molecule has 7 heteroatoms. The Hall–Kier alpha value is -10.2. The van der Waals surface area contributed by atoms with E-state index in [1.807, 2.05) is 6.07 Å². The second kappa shape index (κ2) is 16.1. The van der Waals surface area contributed by atoms with Crippen molar-refractivity contribution in [1.29, 1.82) is 0 Å². The second-order valence-corrected chi connectivity index (χ2v) is 20.3. The first-order chi connectivity index (χ1) is 38.1. The van der Waals surface area contributed by atoms with Crippen LogP contribution in [0, 0.1) is 0 Å². The minimum absolute atomic E-state index is 0.230. The number of nitrogens with zero attached hydrogens (tertiary/aromatic N) is 2. The number of hydrogen-bond acceptors (Lipinski definition) is 6.